The highest BCUT2D eigenvalue weighted by Gasteiger charge is 2.13. The number of amides is 4. The minimum absolute atomic E-state index is 0.234. The Kier molecular flexibility index (Phi) is 24.9. The fraction of sp³-hybridized carbons (Fsp3) is 0.867. The minimum atomic E-state index is -0.329. The average Bonchev–Trinajstić information content (AvgIpc) is 2.97. The molecular weight excluding hydrogens is 544 g/mol. The maximum atomic E-state index is 12.1. The molecule has 0 aromatic rings. The van der Waals surface area contributed by atoms with Crippen molar-refractivity contribution in [3.05, 3.63) is 0 Å². The van der Waals surface area contributed by atoms with Crippen LogP contribution in [0.3, 0.4) is 0 Å². The van der Waals surface area contributed by atoms with Gasteiger partial charge in [-0.2, -0.15) is 0 Å². The van der Waals surface area contributed by atoms with E-state index in [1.165, 1.54) is 0 Å². The Labute approximate surface area is 252 Å². The second-order valence-electron chi connectivity index (χ2n) is 11.0. The highest BCUT2D eigenvalue weighted by atomic mass is 16.5. The van der Waals surface area contributed by atoms with Gasteiger partial charge in [-0.05, 0) is 51.4 Å². The molecule has 42 heavy (non-hydrogen) atoms. The zero-order chi connectivity index (χ0) is 31.6. The zero-order valence-corrected chi connectivity index (χ0v) is 26.2. The summed E-state index contributed by atoms with van der Waals surface area (Å²) >= 11 is 0. The third-order valence-electron chi connectivity index (χ3n) is 7.11. The van der Waals surface area contributed by atoms with Crippen molar-refractivity contribution in [2.75, 3.05) is 26.2 Å². The van der Waals surface area contributed by atoms with Crippen molar-refractivity contribution in [1.82, 2.24) is 20.3 Å². The number of carbonyl (C=O) groups is 4. The Morgan fingerprint density at radius 2 is 0.619 bits per heavy atom. The highest BCUT2D eigenvalue weighted by molar-refractivity contribution is 5.75. The molecule has 0 rings (SSSR count). The number of carbonyl (C=O) groups excluding carboxylic acids is 4. The standard InChI is InChI=1S/C30H58N4O8/c1-3-5-12-19-28(36)32(40)24-16-10-7-14-21-30(38)34(42)26-18-11-8-15-22-29(37)33(41)25-17-9-6-13-20-27(35)31(39)23-4-2/h39-42H,3-26H2,1-2H3. The van der Waals surface area contributed by atoms with Crippen LogP contribution in [0.15, 0.2) is 0 Å². The topological polar surface area (TPSA) is 162 Å². The van der Waals surface area contributed by atoms with Gasteiger partial charge < -0.3 is 0 Å². The molecule has 0 aromatic carbocycles. The van der Waals surface area contributed by atoms with Crippen LogP contribution in [-0.4, -0.2) is 90.9 Å². The van der Waals surface area contributed by atoms with E-state index in [9.17, 15) is 40.0 Å². The summed E-state index contributed by atoms with van der Waals surface area (Å²) in [6, 6.07) is 0. The number of unbranched alkanes of at least 4 members (excludes halogenated alkanes) is 11. The minimum Gasteiger partial charge on any atom is -0.286 e. The van der Waals surface area contributed by atoms with E-state index in [4.69, 9.17) is 0 Å². The molecule has 0 atom stereocenters. The second-order valence-corrected chi connectivity index (χ2v) is 11.0. The van der Waals surface area contributed by atoms with Gasteiger partial charge in [-0.1, -0.05) is 65.2 Å². The third-order valence-corrected chi connectivity index (χ3v) is 7.11. The summed E-state index contributed by atoms with van der Waals surface area (Å²) in [5, 5.41) is 42.2. The molecule has 4 amide bonds. The molecule has 0 saturated carbocycles. The number of hydroxylamine groups is 8. The first-order valence-corrected chi connectivity index (χ1v) is 16.1. The SMILES string of the molecule is CCCCCC(=O)N(O)CCCCCCC(=O)N(O)CCCCCCC(=O)N(O)CCCCCCC(=O)N(O)CCC. The van der Waals surface area contributed by atoms with E-state index < -0.39 is 0 Å². The summed E-state index contributed by atoms with van der Waals surface area (Å²) in [6.45, 7) is 5.05. The van der Waals surface area contributed by atoms with Crippen molar-refractivity contribution in [2.24, 2.45) is 0 Å². The van der Waals surface area contributed by atoms with Gasteiger partial charge in [0, 0.05) is 51.9 Å². The zero-order valence-electron chi connectivity index (χ0n) is 26.2. The fourth-order valence-corrected chi connectivity index (χ4v) is 4.43. The highest BCUT2D eigenvalue weighted by Crippen LogP contribution is 2.11. The summed E-state index contributed by atoms with van der Waals surface area (Å²) in [7, 11) is 0. The molecule has 0 aliphatic heterocycles. The molecule has 0 fully saturated rings. The van der Waals surface area contributed by atoms with Gasteiger partial charge in [-0.15, -0.1) is 0 Å². The number of nitrogens with zero attached hydrogens (tertiary/aromatic N) is 4. The molecule has 0 unspecified atom stereocenters. The van der Waals surface area contributed by atoms with Crippen LogP contribution < -0.4 is 0 Å². The van der Waals surface area contributed by atoms with E-state index in [1.807, 2.05) is 6.92 Å². The van der Waals surface area contributed by atoms with Crippen molar-refractivity contribution >= 4 is 23.6 Å². The van der Waals surface area contributed by atoms with Crippen LogP contribution >= 0.6 is 0 Å². The van der Waals surface area contributed by atoms with Gasteiger partial charge in [0.05, 0.1) is 0 Å². The molecule has 12 nitrogen and oxygen atoms in total. The molecule has 0 heterocycles. The second kappa shape index (κ2) is 26.4. The first kappa shape index (κ1) is 39.7. The lowest BCUT2D eigenvalue weighted by molar-refractivity contribution is -0.166. The van der Waals surface area contributed by atoms with Gasteiger partial charge in [0.2, 0.25) is 23.6 Å². The molecule has 0 aliphatic carbocycles. The predicted octanol–water partition coefficient (Wildman–Crippen LogP) is 5.70. The van der Waals surface area contributed by atoms with Crippen molar-refractivity contribution < 1.29 is 40.0 Å². The molecule has 246 valence electrons. The van der Waals surface area contributed by atoms with E-state index in [0.29, 0.717) is 64.5 Å². The number of rotatable bonds is 27. The molecule has 0 spiro atoms. The van der Waals surface area contributed by atoms with Crippen LogP contribution in [0.1, 0.15) is 142 Å². The Morgan fingerprint density at radius 1 is 0.357 bits per heavy atom. The quantitative estimate of drug-likeness (QED) is 0.0529. The first-order chi connectivity index (χ1) is 20.1. The average molecular weight is 603 g/mol. The smallest absolute Gasteiger partial charge is 0.245 e. The number of hydrogen-bond donors (Lipinski definition) is 4. The van der Waals surface area contributed by atoms with Crippen molar-refractivity contribution in [3.8, 4) is 0 Å². The van der Waals surface area contributed by atoms with Crippen LogP contribution in [0, 0.1) is 0 Å². The Hall–Kier alpha value is -2.28. The summed E-state index contributed by atoms with van der Waals surface area (Å²) in [6.07, 6.45) is 13.0. The number of hydrogen-bond acceptors (Lipinski definition) is 8. The Balaban J connectivity index is 3.71. The molecule has 0 radical (unpaired) electrons. The van der Waals surface area contributed by atoms with Crippen molar-refractivity contribution in [1.29, 1.82) is 0 Å². The molecule has 0 saturated heterocycles. The van der Waals surface area contributed by atoms with E-state index in [-0.39, 0.29) is 56.0 Å². The lowest BCUT2D eigenvalue weighted by Gasteiger charge is -2.16. The van der Waals surface area contributed by atoms with Gasteiger partial charge in [0.1, 0.15) is 0 Å². The van der Waals surface area contributed by atoms with Crippen LogP contribution in [0.2, 0.25) is 0 Å². The van der Waals surface area contributed by atoms with Gasteiger partial charge in [-0.3, -0.25) is 40.0 Å². The van der Waals surface area contributed by atoms with E-state index in [2.05, 4.69) is 6.92 Å². The van der Waals surface area contributed by atoms with E-state index >= 15 is 0 Å². The monoisotopic (exact) mass is 602 g/mol. The summed E-state index contributed by atoms with van der Waals surface area (Å²) in [5.74, 6) is -1.18. The van der Waals surface area contributed by atoms with Gasteiger partial charge in [-0.25, -0.2) is 20.3 Å². The van der Waals surface area contributed by atoms with Crippen LogP contribution in [-0.2, 0) is 19.2 Å². The van der Waals surface area contributed by atoms with Gasteiger partial charge >= 0.3 is 0 Å². The fourth-order valence-electron chi connectivity index (χ4n) is 4.43. The van der Waals surface area contributed by atoms with Crippen LogP contribution in [0.4, 0.5) is 0 Å². The lowest BCUT2D eigenvalue weighted by Crippen LogP contribution is -2.28. The maximum absolute atomic E-state index is 12.1. The first-order valence-electron chi connectivity index (χ1n) is 16.1. The van der Waals surface area contributed by atoms with Crippen molar-refractivity contribution in [3.63, 3.8) is 0 Å². The normalized spacial score (nSPS) is 10.9. The predicted molar refractivity (Wildman–Crippen MR) is 158 cm³/mol. The molecular formula is C30H58N4O8. The van der Waals surface area contributed by atoms with Crippen LogP contribution in [0.25, 0.3) is 0 Å². The molecule has 4 N–H and O–H groups in total. The van der Waals surface area contributed by atoms with Crippen molar-refractivity contribution in [2.45, 2.75) is 142 Å². The third kappa shape index (κ3) is 21.4. The maximum Gasteiger partial charge on any atom is 0.245 e. The molecule has 12 heteroatoms. The molecule has 0 bridgehead atoms. The Morgan fingerprint density at radius 3 is 0.905 bits per heavy atom. The molecule has 0 aromatic heterocycles. The Bertz CT molecular complexity index is 740. The lowest BCUT2D eigenvalue weighted by atomic mass is 10.1. The van der Waals surface area contributed by atoms with E-state index in [1.54, 1.807) is 0 Å². The van der Waals surface area contributed by atoms with E-state index in [0.717, 1.165) is 78.0 Å². The largest absolute Gasteiger partial charge is 0.286 e. The van der Waals surface area contributed by atoms with Crippen LogP contribution in [0.5, 0.6) is 0 Å². The van der Waals surface area contributed by atoms with Gasteiger partial charge in [0.25, 0.3) is 0 Å². The summed E-state index contributed by atoms with van der Waals surface area (Å²) in [4.78, 5) is 47.6. The summed E-state index contributed by atoms with van der Waals surface area (Å²) in [5.41, 5.74) is 0. The molecule has 0 aliphatic rings. The summed E-state index contributed by atoms with van der Waals surface area (Å²) < 4.78 is 0. The van der Waals surface area contributed by atoms with Gasteiger partial charge in [0.15, 0.2) is 0 Å².